The molecule has 0 heterocycles. The van der Waals surface area contributed by atoms with Crippen LogP contribution in [0.15, 0.2) is 47.4 Å². The second kappa shape index (κ2) is 7.85. The Bertz CT molecular complexity index is 810. The van der Waals surface area contributed by atoms with E-state index in [1.165, 1.54) is 32.4 Å². The molecule has 0 aliphatic carbocycles. The summed E-state index contributed by atoms with van der Waals surface area (Å²) in [6.45, 7) is -0.203. The van der Waals surface area contributed by atoms with Gasteiger partial charge in [0.2, 0.25) is 10.0 Å². The van der Waals surface area contributed by atoms with E-state index in [0.29, 0.717) is 11.3 Å². The van der Waals surface area contributed by atoms with E-state index in [2.05, 4.69) is 4.72 Å². The van der Waals surface area contributed by atoms with Crippen LogP contribution in [0.1, 0.15) is 11.7 Å². The minimum Gasteiger partial charge on any atom is -0.497 e. The van der Waals surface area contributed by atoms with Crippen LogP contribution in [0.5, 0.6) is 11.5 Å². The van der Waals surface area contributed by atoms with Gasteiger partial charge in [-0.3, -0.25) is 0 Å². The van der Waals surface area contributed by atoms with Crippen molar-refractivity contribution in [3.63, 3.8) is 0 Å². The van der Waals surface area contributed by atoms with Gasteiger partial charge in [-0.1, -0.05) is 23.7 Å². The molecular formula is C16H18ClNO5S. The lowest BCUT2D eigenvalue weighted by Gasteiger charge is -2.15. The van der Waals surface area contributed by atoms with E-state index in [9.17, 15) is 13.5 Å². The van der Waals surface area contributed by atoms with E-state index >= 15 is 0 Å². The van der Waals surface area contributed by atoms with Crippen LogP contribution in [-0.2, 0) is 10.0 Å². The van der Waals surface area contributed by atoms with Crippen molar-refractivity contribution in [3.05, 3.63) is 53.1 Å². The maximum atomic E-state index is 12.4. The first-order valence-corrected chi connectivity index (χ1v) is 8.88. The number of benzene rings is 2. The molecule has 130 valence electrons. The number of methoxy groups -OCH3 is 2. The van der Waals surface area contributed by atoms with E-state index in [1.807, 2.05) is 0 Å². The highest BCUT2D eigenvalue weighted by molar-refractivity contribution is 7.89. The maximum absolute atomic E-state index is 12.4. The van der Waals surface area contributed by atoms with E-state index < -0.39 is 16.1 Å². The Hall–Kier alpha value is -1.80. The smallest absolute Gasteiger partial charge is 0.244 e. The van der Waals surface area contributed by atoms with Crippen molar-refractivity contribution < 1.29 is 23.0 Å². The fourth-order valence-corrected chi connectivity index (χ4v) is 3.56. The molecule has 2 rings (SSSR count). The average Bonchev–Trinajstić information content (AvgIpc) is 2.59. The van der Waals surface area contributed by atoms with Crippen LogP contribution in [0.25, 0.3) is 0 Å². The highest BCUT2D eigenvalue weighted by atomic mass is 35.5. The van der Waals surface area contributed by atoms with E-state index in [-0.39, 0.29) is 22.2 Å². The first-order chi connectivity index (χ1) is 11.4. The molecule has 2 aromatic carbocycles. The predicted molar refractivity (Wildman–Crippen MR) is 91.1 cm³/mol. The van der Waals surface area contributed by atoms with Gasteiger partial charge < -0.3 is 14.6 Å². The van der Waals surface area contributed by atoms with Crippen molar-refractivity contribution in [3.8, 4) is 11.5 Å². The van der Waals surface area contributed by atoms with Gasteiger partial charge in [0.25, 0.3) is 0 Å². The Labute approximate surface area is 146 Å². The standard InChI is InChI=1S/C16H18ClNO5S/c1-22-13-5-3-4-11(8-13)14(19)10-18-24(20,21)16-9-12(17)6-7-15(16)23-2/h3-9,14,18-19H,10H2,1-2H3. The number of sulfonamides is 1. The minimum atomic E-state index is -3.89. The number of aliphatic hydroxyl groups is 1. The number of halogens is 1. The molecule has 0 aliphatic heterocycles. The summed E-state index contributed by atoms with van der Waals surface area (Å²) in [7, 11) is -1.01. The van der Waals surface area contributed by atoms with Crippen molar-refractivity contribution in [2.45, 2.75) is 11.0 Å². The third kappa shape index (κ3) is 4.39. The molecule has 0 aliphatic rings. The lowest BCUT2D eigenvalue weighted by molar-refractivity contribution is 0.181. The number of nitrogens with one attached hydrogen (secondary N) is 1. The van der Waals surface area contributed by atoms with Gasteiger partial charge in [-0.05, 0) is 35.9 Å². The van der Waals surface area contributed by atoms with Gasteiger partial charge in [0, 0.05) is 11.6 Å². The number of hydrogen-bond donors (Lipinski definition) is 2. The summed E-state index contributed by atoms with van der Waals surface area (Å²) in [4.78, 5) is -0.0876. The van der Waals surface area contributed by atoms with Gasteiger partial charge in [-0.15, -0.1) is 0 Å². The third-order valence-corrected chi connectivity index (χ3v) is 5.04. The first kappa shape index (κ1) is 18.5. The summed E-state index contributed by atoms with van der Waals surface area (Å²) >= 11 is 5.86. The van der Waals surface area contributed by atoms with Crippen molar-refractivity contribution in [2.24, 2.45) is 0 Å². The summed E-state index contributed by atoms with van der Waals surface area (Å²) in [6.07, 6.45) is -1.03. The molecule has 2 aromatic rings. The van der Waals surface area contributed by atoms with Gasteiger partial charge in [0.1, 0.15) is 16.4 Å². The van der Waals surface area contributed by atoms with Crippen LogP contribution < -0.4 is 14.2 Å². The molecule has 0 spiro atoms. The zero-order valence-electron chi connectivity index (χ0n) is 13.2. The van der Waals surface area contributed by atoms with E-state index in [0.717, 1.165) is 0 Å². The SMILES string of the molecule is COc1cccc(C(O)CNS(=O)(=O)c2cc(Cl)ccc2OC)c1. The van der Waals surface area contributed by atoms with Crippen LogP contribution in [-0.4, -0.2) is 34.3 Å². The number of rotatable bonds is 7. The Morgan fingerprint density at radius 3 is 2.58 bits per heavy atom. The quantitative estimate of drug-likeness (QED) is 0.780. The second-order valence-corrected chi connectivity index (χ2v) is 7.11. The Morgan fingerprint density at radius 1 is 1.17 bits per heavy atom. The summed E-state index contributed by atoms with van der Waals surface area (Å²) in [5, 5.41) is 10.5. The fourth-order valence-electron chi connectivity index (χ4n) is 2.09. The van der Waals surface area contributed by atoms with Crippen LogP contribution in [0.3, 0.4) is 0 Å². The largest absolute Gasteiger partial charge is 0.497 e. The van der Waals surface area contributed by atoms with Crippen LogP contribution in [0.4, 0.5) is 0 Å². The molecule has 6 nitrogen and oxygen atoms in total. The fraction of sp³-hybridized carbons (Fsp3) is 0.250. The second-order valence-electron chi connectivity index (χ2n) is 4.94. The summed E-state index contributed by atoms with van der Waals surface area (Å²) in [5.74, 6) is 0.744. The molecule has 0 saturated heterocycles. The van der Waals surface area contributed by atoms with Crippen molar-refractivity contribution in [1.82, 2.24) is 4.72 Å². The van der Waals surface area contributed by atoms with Crippen LogP contribution in [0, 0.1) is 0 Å². The van der Waals surface area contributed by atoms with Crippen LogP contribution >= 0.6 is 11.6 Å². The molecule has 0 amide bonds. The molecule has 1 unspecified atom stereocenters. The Kier molecular flexibility index (Phi) is 6.06. The maximum Gasteiger partial charge on any atom is 0.244 e. The molecule has 0 fully saturated rings. The molecule has 24 heavy (non-hydrogen) atoms. The molecular weight excluding hydrogens is 354 g/mol. The molecule has 2 N–H and O–H groups in total. The Balaban J connectivity index is 2.16. The zero-order chi connectivity index (χ0) is 17.7. The van der Waals surface area contributed by atoms with Crippen molar-refractivity contribution in [1.29, 1.82) is 0 Å². The van der Waals surface area contributed by atoms with Crippen molar-refractivity contribution in [2.75, 3.05) is 20.8 Å². The van der Waals surface area contributed by atoms with Gasteiger partial charge >= 0.3 is 0 Å². The number of hydrogen-bond acceptors (Lipinski definition) is 5. The van der Waals surface area contributed by atoms with Gasteiger partial charge in [0.15, 0.2) is 0 Å². The lowest BCUT2D eigenvalue weighted by atomic mass is 10.1. The topological polar surface area (TPSA) is 84.9 Å². The molecule has 0 aromatic heterocycles. The monoisotopic (exact) mass is 371 g/mol. The summed E-state index contributed by atoms with van der Waals surface area (Å²) < 4.78 is 37.4. The van der Waals surface area contributed by atoms with Crippen LogP contribution in [0.2, 0.25) is 5.02 Å². The molecule has 0 bridgehead atoms. The van der Waals surface area contributed by atoms with Gasteiger partial charge in [-0.2, -0.15) is 0 Å². The third-order valence-electron chi connectivity index (χ3n) is 3.36. The van der Waals surface area contributed by atoms with E-state index in [1.54, 1.807) is 24.3 Å². The zero-order valence-corrected chi connectivity index (χ0v) is 14.8. The molecule has 0 radical (unpaired) electrons. The number of ether oxygens (including phenoxy) is 2. The predicted octanol–water partition coefficient (Wildman–Crippen LogP) is 2.37. The molecule has 1 atom stereocenters. The van der Waals surface area contributed by atoms with Gasteiger partial charge in [-0.25, -0.2) is 13.1 Å². The average molecular weight is 372 g/mol. The molecule has 0 saturated carbocycles. The highest BCUT2D eigenvalue weighted by Crippen LogP contribution is 2.27. The lowest BCUT2D eigenvalue weighted by Crippen LogP contribution is -2.29. The highest BCUT2D eigenvalue weighted by Gasteiger charge is 2.21. The summed E-state index contributed by atoms with van der Waals surface area (Å²) in [6, 6.07) is 11.1. The van der Waals surface area contributed by atoms with E-state index in [4.69, 9.17) is 21.1 Å². The number of aliphatic hydroxyl groups excluding tert-OH is 1. The Morgan fingerprint density at radius 2 is 1.92 bits per heavy atom. The van der Waals surface area contributed by atoms with Gasteiger partial charge in [0.05, 0.1) is 20.3 Å². The summed E-state index contributed by atoms with van der Waals surface area (Å²) in [5.41, 5.74) is 0.537. The molecule has 8 heteroatoms. The minimum absolute atomic E-state index is 0.0876. The normalized spacial score (nSPS) is 12.7. The van der Waals surface area contributed by atoms with Crippen molar-refractivity contribution >= 4 is 21.6 Å². The first-order valence-electron chi connectivity index (χ1n) is 7.02.